The summed E-state index contributed by atoms with van der Waals surface area (Å²) in [6, 6.07) is 9.82. The Kier molecular flexibility index (Phi) is 7.14. The van der Waals surface area contributed by atoms with Gasteiger partial charge in [0.25, 0.3) is 11.8 Å². The van der Waals surface area contributed by atoms with E-state index < -0.39 is 17.8 Å². The van der Waals surface area contributed by atoms with E-state index in [-0.39, 0.29) is 22.9 Å². The number of benzene rings is 2. The zero-order valence-corrected chi connectivity index (χ0v) is 20.4. The Hall–Kier alpha value is -2.99. The molecule has 166 valence electrons. The molecule has 0 spiro atoms. The number of nitrogens with zero attached hydrogens (tertiary/aromatic N) is 2. The Balaban J connectivity index is 1.87. The number of carboxylic acid groups (broad SMARTS) is 1. The predicted octanol–water partition coefficient (Wildman–Crippen LogP) is 3.18. The van der Waals surface area contributed by atoms with Gasteiger partial charge in [-0.3, -0.25) is 19.4 Å². The molecule has 1 aliphatic rings. The minimum atomic E-state index is -0.993. The van der Waals surface area contributed by atoms with E-state index >= 15 is 0 Å². The summed E-state index contributed by atoms with van der Waals surface area (Å²) in [6.45, 7) is 0.205. The number of carbonyl (C=O) groups is 3. The molecule has 10 heteroatoms. The van der Waals surface area contributed by atoms with Crippen molar-refractivity contribution in [3.63, 3.8) is 0 Å². The van der Waals surface area contributed by atoms with Crippen LogP contribution in [0.3, 0.4) is 0 Å². The van der Waals surface area contributed by atoms with Gasteiger partial charge in [-0.2, -0.15) is 0 Å². The highest BCUT2D eigenvalue weighted by Gasteiger charge is 2.35. The topological polar surface area (TPSA) is 96.4 Å². The van der Waals surface area contributed by atoms with Crippen LogP contribution < -0.4 is 9.47 Å². The summed E-state index contributed by atoms with van der Waals surface area (Å²) in [4.78, 5) is 38.6. The molecule has 2 amide bonds. The molecule has 0 saturated carbocycles. The first-order chi connectivity index (χ1) is 15.1. The fourth-order valence-electron chi connectivity index (χ4n) is 3.00. The molecule has 8 nitrogen and oxygen atoms in total. The van der Waals surface area contributed by atoms with Crippen LogP contribution in [0.1, 0.15) is 21.5 Å². The van der Waals surface area contributed by atoms with Crippen molar-refractivity contribution in [1.29, 1.82) is 0 Å². The summed E-state index contributed by atoms with van der Waals surface area (Å²) in [7, 11) is 4.53. The molecule has 32 heavy (non-hydrogen) atoms. The number of thiocarbonyl (C=S) groups is 1. The third-order valence-electron chi connectivity index (χ3n) is 4.79. The number of hydrogen-bond donors (Lipinski definition) is 1. The second kappa shape index (κ2) is 9.65. The zero-order chi connectivity index (χ0) is 23.6. The maximum atomic E-state index is 12.6. The van der Waals surface area contributed by atoms with E-state index in [0.717, 1.165) is 5.56 Å². The first-order valence-electron chi connectivity index (χ1n) is 9.28. The van der Waals surface area contributed by atoms with Crippen LogP contribution in [0.5, 0.6) is 11.5 Å². The van der Waals surface area contributed by atoms with Crippen molar-refractivity contribution in [2.24, 2.45) is 0 Å². The SMILES string of the molecule is COc1cc(C=C2C(=O)N(C)C(=S)N(C)C2=O)cc(I)c1OCc1ccc(C(=O)O)cc1. The van der Waals surface area contributed by atoms with Crippen molar-refractivity contribution >= 4 is 63.8 Å². The first-order valence-corrected chi connectivity index (χ1v) is 10.8. The lowest BCUT2D eigenvalue weighted by atomic mass is 10.1. The molecule has 0 radical (unpaired) electrons. The molecule has 0 atom stereocenters. The number of likely N-dealkylation sites (N-methyl/N-ethyl adjacent to an activating group) is 2. The minimum absolute atomic E-state index is 0.00589. The highest BCUT2D eigenvalue weighted by atomic mass is 127. The van der Waals surface area contributed by atoms with Crippen LogP contribution in [-0.2, 0) is 16.2 Å². The molecule has 2 aromatic carbocycles. The van der Waals surface area contributed by atoms with E-state index in [4.69, 9.17) is 26.8 Å². The number of ether oxygens (including phenoxy) is 2. The molecular weight excluding hydrogens is 547 g/mol. The van der Waals surface area contributed by atoms with Gasteiger partial charge in [0.1, 0.15) is 12.2 Å². The van der Waals surface area contributed by atoms with E-state index in [2.05, 4.69) is 22.6 Å². The van der Waals surface area contributed by atoms with Gasteiger partial charge < -0.3 is 14.6 Å². The molecule has 2 aromatic rings. The lowest BCUT2D eigenvalue weighted by Gasteiger charge is -2.31. The molecule has 3 rings (SSSR count). The largest absolute Gasteiger partial charge is 0.493 e. The fraction of sp³-hybridized carbons (Fsp3) is 0.182. The van der Waals surface area contributed by atoms with Gasteiger partial charge in [-0.15, -0.1) is 0 Å². The van der Waals surface area contributed by atoms with Crippen LogP contribution in [0.4, 0.5) is 0 Å². The molecule has 1 heterocycles. The normalized spacial score (nSPS) is 14.0. The number of amides is 2. The van der Waals surface area contributed by atoms with Crippen LogP contribution in [0, 0.1) is 3.57 Å². The van der Waals surface area contributed by atoms with Gasteiger partial charge in [0.15, 0.2) is 16.6 Å². The third-order valence-corrected chi connectivity index (χ3v) is 6.14. The number of halogens is 1. The number of hydrogen-bond acceptors (Lipinski definition) is 6. The smallest absolute Gasteiger partial charge is 0.335 e. The molecule has 0 unspecified atom stereocenters. The van der Waals surface area contributed by atoms with Crippen molar-refractivity contribution in [3.8, 4) is 11.5 Å². The Morgan fingerprint density at radius 1 is 1.12 bits per heavy atom. The van der Waals surface area contributed by atoms with Gasteiger partial charge in [0.05, 0.1) is 16.2 Å². The van der Waals surface area contributed by atoms with E-state index in [1.54, 1.807) is 24.3 Å². The first kappa shape index (κ1) is 23.7. The summed E-state index contributed by atoms with van der Waals surface area (Å²) in [5, 5.41) is 9.14. The maximum Gasteiger partial charge on any atom is 0.335 e. The molecule has 1 saturated heterocycles. The van der Waals surface area contributed by atoms with Gasteiger partial charge in [0.2, 0.25) is 0 Å². The van der Waals surface area contributed by atoms with Crippen molar-refractivity contribution < 1.29 is 29.0 Å². The van der Waals surface area contributed by atoms with Gasteiger partial charge >= 0.3 is 5.97 Å². The van der Waals surface area contributed by atoms with Gasteiger partial charge in [-0.25, -0.2) is 4.79 Å². The Labute approximate surface area is 203 Å². The molecule has 1 fully saturated rings. The fourth-order valence-corrected chi connectivity index (χ4v) is 3.95. The second-order valence-corrected chi connectivity index (χ2v) is 8.42. The molecule has 0 bridgehead atoms. The summed E-state index contributed by atoms with van der Waals surface area (Å²) in [5.74, 6) is -1.02. The van der Waals surface area contributed by atoms with Gasteiger partial charge in [-0.1, -0.05) is 12.1 Å². The average Bonchev–Trinajstić information content (AvgIpc) is 2.78. The van der Waals surface area contributed by atoms with Crippen molar-refractivity contribution in [1.82, 2.24) is 9.80 Å². The van der Waals surface area contributed by atoms with Crippen molar-refractivity contribution in [2.75, 3.05) is 21.2 Å². The highest BCUT2D eigenvalue weighted by molar-refractivity contribution is 14.1. The number of methoxy groups -OCH3 is 1. The quantitative estimate of drug-likeness (QED) is 0.249. The van der Waals surface area contributed by atoms with E-state index in [1.807, 2.05) is 0 Å². The number of aromatic carboxylic acids is 1. The maximum absolute atomic E-state index is 12.6. The Morgan fingerprint density at radius 3 is 2.25 bits per heavy atom. The van der Waals surface area contributed by atoms with Gasteiger partial charge in [0, 0.05) is 14.1 Å². The summed E-state index contributed by atoms with van der Waals surface area (Å²) in [6.07, 6.45) is 1.50. The monoisotopic (exact) mass is 566 g/mol. The molecule has 0 aromatic heterocycles. The number of rotatable bonds is 6. The molecule has 0 aliphatic carbocycles. The highest BCUT2D eigenvalue weighted by Crippen LogP contribution is 2.35. The lowest BCUT2D eigenvalue weighted by molar-refractivity contribution is -0.132. The Bertz CT molecular complexity index is 1120. The minimum Gasteiger partial charge on any atom is -0.493 e. The zero-order valence-electron chi connectivity index (χ0n) is 17.4. The predicted molar refractivity (Wildman–Crippen MR) is 130 cm³/mol. The van der Waals surface area contributed by atoms with Gasteiger partial charge in [-0.05, 0) is 76.3 Å². The number of carboxylic acids is 1. The summed E-state index contributed by atoms with van der Waals surface area (Å²) < 4.78 is 12.1. The second-order valence-electron chi connectivity index (χ2n) is 6.89. The Morgan fingerprint density at radius 2 is 1.72 bits per heavy atom. The average molecular weight is 566 g/mol. The summed E-state index contributed by atoms with van der Waals surface area (Å²) >= 11 is 7.19. The van der Waals surface area contributed by atoms with Crippen LogP contribution in [0.15, 0.2) is 42.0 Å². The number of carbonyl (C=O) groups excluding carboxylic acids is 2. The van der Waals surface area contributed by atoms with Crippen LogP contribution in [0.2, 0.25) is 0 Å². The van der Waals surface area contributed by atoms with E-state index in [1.165, 1.54) is 49.2 Å². The van der Waals surface area contributed by atoms with Crippen LogP contribution in [-0.4, -0.2) is 59.0 Å². The third kappa shape index (κ3) is 4.75. The van der Waals surface area contributed by atoms with Crippen molar-refractivity contribution in [2.45, 2.75) is 6.61 Å². The molecule has 1 aliphatic heterocycles. The molecule has 1 N–H and O–H groups in total. The van der Waals surface area contributed by atoms with Crippen molar-refractivity contribution in [3.05, 3.63) is 62.2 Å². The van der Waals surface area contributed by atoms with Crippen LogP contribution in [0.25, 0.3) is 6.08 Å². The van der Waals surface area contributed by atoms with E-state index in [9.17, 15) is 14.4 Å². The van der Waals surface area contributed by atoms with E-state index in [0.29, 0.717) is 20.6 Å². The lowest BCUT2D eigenvalue weighted by Crippen LogP contribution is -2.52. The summed E-state index contributed by atoms with van der Waals surface area (Å²) in [5.41, 5.74) is 1.58. The molecular formula is C22H19IN2O6S. The standard InChI is InChI=1S/C22H19IN2O6S/c1-24-19(26)15(20(27)25(2)22(24)32)8-13-9-16(23)18(17(10-13)30-3)31-11-12-4-6-14(7-5-12)21(28)29/h4-10H,11H2,1-3H3,(H,28,29). The van der Waals surface area contributed by atoms with Crippen LogP contribution >= 0.6 is 34.8 Å².